The van der Waals surface area contributed by atoms with Crippen molar-refractivity contribution >= 4 is 68.1 Å². The summed E-state index contributed by atoms with van der Waals surface area (Å²) in [5.41, 5.74) is 2.79. The van der Waals surface area contributed by atoms with Gasteiger partial charge in [0.15, 0.2) is 18.1 Å². The Balaban J connectivity index is 1.31. The van der Waals surface area contributed by atoms with Gasteiger partial charge in [0.2, 0.25) is 6.79 Å². The van der Waals surface area contributed by atoms with E-state index in [1.807, 2.05) is 25.1 Å². The van der Waals surface area contributed by atoms with E-state index in [2.05, 4.69) is 21.2 Å². The number of hydrogen-bond acceptors (Lipinski definition) is 7. The van der Waals surface area contributed by atoms with Crippen molar-refractivity contribution in [2.75, 3.05) is 18.7 Å². The van der Waals surface area contributed by atoms with Crippen molar-refractivity contribution in [3.8, 4) is 17.2 Å². The highest BCUT2D eigenvalue weighted by Gasteiger charge is 2.36. The summed E-state index contributed by atoms with van der Waals surface area (Å²) in [6.07, 6.45) is 1.57. The zero-order chi connectivity index (χ0) is 26.8. The summed E-state index contributed by atoms with van der Waals surface area (Å²) in [7, 11) is 0. The zero-order valence-corrected chi connectivity index (χ0v) is 23.1. The van der Waals surface area contributed by atoms with Gasteiger partial charge in [-0.15, -0.1) is 0 Å². The summed E-state index contributed by atoms with van der Waals surface area (Å²) >= 11 is 10.6. The molecule has 3 aromatic rings. The second-order valence-corrected chi connectivity index (χ2v) is 10.8. The van der Waals surface area contributed by atoms with Crippen LogP contribution in [0.1, 0.15) is 16.7 Å². The number of halogens is 2. The van der Waals surface area contributed by atoms with E-state index in [0.717, 1.165) is 26.7 Å². The van der Waals surface area contributed by atoms with Crippen molar-refractivity contribution in [2.24, 2.45) is 0 Å². The van der Waals surface area contributed by atoms with Crippen LogP contribution < -0.4 is 19.5 Å². The Morgan fingerprint density at radius 2 is 1.95 bits per heavy atom. The number of anilines is 1. The summed E-state index contributed by atoms with van der Waals surface area (Å²) in [6, 6.07) is 15.9. The van der Waals surface area contributed by atoms with Crippen LogP contribution in [-0.4, -0.2) is 35.4 Å². The maximum absolute atomic E-state index is 13.2. The number of aryl methyl sites for hydroxylation is 1. The number of nitrogens with one attached hydrogen (secondary N) is 1. The molecule has 0 aromatic heterocycles. The second-order valence-electron chi connectivity index (χ2n) is 8.45. The molecule has 2 aliphatic rings. The predicted octanol–water partition coefficient (Wildman–Crippen LogP) is 6.39. The molecule has 0 atom stereocenters. The molecule has 194 valence electrons. The number of hydrogen-bond donors (Lipinski definition) is 1. The van der Waals surface area contributed by atoms with Crippen molar-refractivity contribution in [1.82, 2.24) is 4.90 Å². The molecule has 1 saturated heterocycles. The number of carbonyl (C=O) groups excluding carboxylic acids is 3. The third-order valence-corrected chi connectivity index (χ3v) is 7.42. The third-order valence-electron chi connectivity index (χ3n) is 5.66. The van der Waals surface area contributed by atoms with E-state index in [9.17, 15) is 14.4 Å². The van der Waals surface area contributed by atoms with E-state index in [0.29, 0.717) is 39.1 Å². The van der Waals surface area contributed by atoms with Crippen LogP contribution in [0.15, 0.2) is 64.0 Å². The molecule has 3 amide bonds. The van der Waals surface area contributed by atoms with Gasteiger partial charge in [0.1, 0.15) is 5.75 Å². The van der Waals surface area contributed by atoms with Crippen LogP contribution in [0.25, 0.3) is 6.08 Å². The van der Waals surface area contributed by atoms with Gasteiger partial charge in [-0.3, -0.25) is 19.3 Å². The summed E-state index contributed by atoms with van der Waals surface area (Å²) < 4.78 is 17.2. The molecule has 0 saturated carbocycles. The molecule has 11 heteroatoms. The van der Waals surface area contributed by atoms with Crippen molar-refractivity contribution in [1.29, 1.82) is 0 Å². The number of rotatable bonds is 7. The molecule has 2 aliphatic heterocycles. The smallest absolute Gasteiger partial charge is 0.293 e. The SMILES string of the molecule is Cc1cccc(NC(=O)COc2ccc(Br)cc2/C=C2\SC(=O)N(Cc3cc4c(cc3Cl)OCO4)C2=O)c1. The fraction of sp³-hybridized carbons (Fsp3) is 0.148. The molecule has 3 aromatic carbocycles. The van der Waals surface area contributed by atoms with Crippen LogP contribution >= 0.6 is 39.3 Å². The monoisotopic (exact) mass is 614 g/mol. The maximum atomic E-state index is 13.2. The number of ether oxygens (including phenoxy) is 3. The van der Waals surface area contributed by atoms with Crippen molar-refractivity contribution in [3.05, 3.63) is 85.7 Å². The number of imide groups is 1. The second kappa shape index (κ2) is 11.1. The van der Waals surface area contributed by atoms with Gasteiger partial charge in [-0.1, -0.05) is 39.7 Å². The molecule has 0 spiro atoms. The van der Waals surface area contributed by atoms with Crippen LogP contribution in [0, 0.1) is 6.92 Å². The first kappa shape index (κ1) is 26.1. The summed E-state index contributed by atoms with van der Waals surface area (Å²) in [6.45, 7) is 1.77. The van der Waals surface area contributed by atoms with Crippen LogP contribution in [0.5, 0.6) is 17.2 Å². The van der Waals surface area contributed by atoms with E-state index in [4.69, 9.17) is 25.8 Å². The highest BCUT2D eigenvalue weighted by atomic mass is 79.9. The minimum Gasteiger partial charge on any atom is -0.483 e. The van der Waals surface area contributed by atoms with Gasteiger partial charge in [0, 0.05) is 26.8 Å². The van der Waals surface area contributed by atoms with Crippen molar-refractivity contribution < 1.29 is 28.6 Å². The molecule has 38 heavy (non-hydrogen) atoms. The average Bonchev–Trinajstić information content (AvgIpc) is 3.42. The first-order chi connectivity index (χ1) is 18.3. The highest BCUT2D eigenvalue weighted by Crippen LogP contribution is 2.40. The number of nitrogens with zero attached hydrogens (tertiary/aromatic N) is 1. The van der Waals surface area contributed by atoms with Crippen LogP contribution in [0.4, 0.5) is 10.5 Å². The quantitative estimate of drug-likeness (QED) is 0.308. The van der Waals surface area contributed by atoms with Crippen molar-refractivity contribution in [3.63, 3.8) is 0 Å². The highest BCUT2D eigenvalue weighted by molar-refractivity contribution is 9.10. The van der Waals surface area contributed by atoms with E-state index >= 15 is 0 Å². The molecular weight excluding hydrogens is 596 g/mol. The molecule has 0 unspecified atom stereocenters. The Bertz CT molecular complexity index is 1490. The molecule has 0 radical (unpaired) electrons. The van der Waals surface area contributed by atoms with Gasteiger partial charge in [0.05, 0.1) is 11.4 Å². The van der Waals surface area contributed by atoms with Crippen LogP contribution in [0.2, 0.25) is 5.02 Å². The van der Waals surface area contributed by atoms with Gasteiger partial charge >= 0.3 is 0 Å². The Morgan fingerprint density at radius 3 is 2.74 bits per heavy atom. The number of benzene rings is 3. The largest absolute Gasteiger partial charge is 0.483 e. The Labute approximate surface area is 236 Å². The first-order valence-corrected chi connectivity index (χ1v) is 13.4. The molecule has 2 heterocycles. The zero-order valence-electron chi connectivity index (χ0n) is 20.0. The van der Waals surface area contributed by atoms with Crippen LogP contribution in [-0.2, 0) is 16.1 Å². The Hall–Kier alpha value is -3.47. The Morgan fingerprint density at radius 1 is 1.16 bits per heavy atom. The Kier molecular flexibility index (Phi) is 7.64. The summed E-state index contributed by atoms with van der Waals surface area (Å²) in [4.78, 5) is 39.7. The van der Waals surface area contributed by atoms with E-state index in [-0.39, 0.29) is 30.8 Å². The molecule has 0 aliphatic carbocycles. The van der Waals surface area contributed by atoms with Gasteiger partial charge in [-0.05, 0) is 72.3 Å². The lowest BCUT2D eigenvalue weighted by Gasteiger charge is -2.14. The maximum Gasteiger partial charge on any atom is 0.293 e. The summed E-state index contributed by atoms with van der Waals surface area (Å²) in [5.74, 6) is 0.622. The fourth-order valence-corrected chi connectivity index (χ4v) is 5.28. The number of carbonyl (C=O) groups is 3. The van der Waals surface area contributed by atoms with Gasteiger partial charge < -0.3 is 19.5 Å². The van der Waals surface area contributed by atoms with E-state index < -0.39 is 11.1 Å². The first-order valence-electron chi connectivity index (χ1n) is 11.4. The lowest BCUT2D eigenvalue weighted by molar-refractivity contribution is -0.123. The predicted molar refractivity (Wildman–Crippen MR) is 149 cm³/mol. The average molecular weight is 616 g/mol. The standard InChI is InChI=1S/C27H20BrClN2O6S/c1-15-3-2-4-19(7-15)30-25(32)13-35-21-6-5-18(28)8-16(21)10-24-26(33)31(27(34)38-24)12-17-9-22-23(11-20(17)29)37-14-36-22/h2-11H,12-14H2,1H3,(H,30,32)/b24-10-. The minimum absolute atomic E-state index is 0.0154. The molecular formula is C27H20BrClN2O6S. The van der Waals surface area contributed by atoms with Gasteiger partial charge in [0.25, 0.3) is 17.1 Å². The minimum atomic E-state index is -0.461. The van der Waals surface area contributed by atoms with Crippen molar-refractivity contribution in [2.45, 2.75) is 13.5 Å². The summed E-state index contributed by atoms with van der Waals surface area (Å²) in [5, 5.41) is 2.73. The molecule has 8 nitrogen and oxygen atoms in total. The molecule has 1 N–H and O–H groups in total. The van der Waals surface area contributed by atoms with Gasteiger partial charge in [-0.25, -0.2) is 0 Å². The topological polar surface area (TPSA) is 94.2 Å². The van der Waals surface area contributed by atoms with E-state index in [1.165, 1.54) is 0 Å². The number of amides is 3. The fourth-order valence-electron chi connectivity index (χ4n) is 3.86. The van der Waals surface area contributed by atoms with Gasteiger partial charge in [-0.2, -0.15) is 0 Å². The lowest BCUT2D eigenvalue weighted by Crippen LogP contribution is -2.27. The normalized spacial score (nSPS) is 15.3. The number of thioether (sulfide) groups is 1. The molecule has 1 fully saturated rings. The molecule has 5 rings (SSSR count). The number of fused-ring (bicyclic) bond motifs is 1. The lowest BCUT2D eigenvalue weighted by atomic mass is 10.1. The van der Waals surface area contributed by atoms with E-state index in [1.54, 1.807) is 42.5 Å². The molecule has 0 bridgehead atoms. The third kappa shape index (κ3) is 5.82. The van der Waals surface area contributed by atoms with Crippen LogP contribution in [0.3, 0.4) is 0 Å².